The van der Waals surface area contributed by atoms with E-state index in [2.05, 4.69) is 23.9 Å². The van der Waals surface area contributed by atoms with Crippen molar-refractivity contribution in [2.24, 2.45) is 0 Å². The van der Waals surface area contributed by atoms with Crippen LogP contribution in [0.1, 0.15) is 30.1 Å². The number of morpholine rings is 1. The van der Waals surface area contributed by atoms with E-state index in [1.807, 2.05) is 0 Å². The molecule has 1 aromatic heterocycles. The van der Waals surface area contributed by atoms with Gasteiger partial charge in [0, 0.05) is 18.2 Å². The van der Waals surface area contributed by atoms with Crippen molar-refractivity contribution < 1.29 is 19.2 Å². The van der Waals surface area contributed by atoms with Gasteiger partial charge in [-0.1, -0.05) is 5.16 Å². The summed E-state index contributed by atoms with van der Waals surface area (Å²) in [6.07, 6.45) is 0. The molecule has 1 aliphatic heterocycles. The number of carboxylic acids is 1. The molecule has 6 heteroatoms. The Labute approximate surface area is 99.1 Å². The second-order valence-corrected chi connectivity index (χ2v) is 4.77. The summed E-state index contributed by atoms with van der Waals surface area (Å²) in [7, 11) is 0. The Balaban J connectivity index is 2.06. The molecule has 1 saturated heterocycles. The first-order valence-electron chi connectivity index (χ1n) is 5.51. The molecule has 0 spiro atoms. The van der Waals surface area contributed by atoms with Gasteiger partial charge in [0.05, 0.1) is 19.8 Å². The lowest BCUT2D eigenvalue weighted by Gasteiger charge is -2.41. The fourth-order valence-corrected chi connectivity index (χ4v) is 1.86. The molecule has 2 heterocycles. The van der Waals surface area contributed by atoms with Crippen LogP contribution in [0.4, 0.5) is 0 Å². The zero-order chi connectivity index (χ0) is 12.5. The van der Waals surface area contributed by atoms with Crippen LogP contribution in [0.15, 0.2) is 10.6 Å². The zero-order valence-electron chi connectivity index (χ0n) is 9.97. The van der Waals surface area contributed by atoms with E-state index in [0.29, 0.717) is 25.5 Å². The molecule has 0 aliphatic carbocycles. The largest absolute Gasteiger partial charge is 0.476 e. The van der Waals surface area contributed by atoms with E-state index in [9.17, 15) is 4.79 Å². The molecule has 6 nitrogen and oxygen atoms in total. The van der Waals surface area contributed by atoms with E-state index in [0.717, 1.165) is 6.54 Å². The molecule has 94 valence electrons. The molecule has 0 unspecified atom stereocenters. The molecule has 0 saturated carbocycles. The Morgan fingerprint density at radius 2 is 2.41 bits per heavy atom. The van der Waals surface area contributed by atoms with Gasteiger partial charge in [-0.05, 0) is 13.8 Å². The van der Waals surface area contributed by atoms with Gasteiger partial charge in [0.2, 0.25) is 0 Å². The number of carboxylic acid groups (broad SMARTS) is 1. The predicted octanol–water partition coefficient (Wildman–Crippen LogP) is 0.984. The van der Waals surface area contributed by atoms with Crippen LogP contribution in [0.3, 0.4) is 0 Å². The molecule has 2 rings (SSSR count). The van der Waals surface area contributed by atoms with Crippen molar-refractivity contribution in [1.29, 1.82) is 0 Å². The highest BCUT2D eigenvalue weighted by molar-refractivity contribution is 5.85. The van der Waals surface area contributed by atoms with E-state index >= 15 is 0 Å². The lowest BCUT2D eigenvalue weighted by atomic mass is 10.0. The summed E-state index contributed by atoms with van der Waals surface area (Å²) in [6.45, 7) is 6.87. The Kier molecular flexibility index (Phi) is 3.17. The number of hydrogen-bond donors (Lipinski definition) is 1. The third-order valence-electron chi connectivity index (χ3n) is 2.94. The number of nitrogens with zero attached hydrogens (tertiary/aromatic N) is 2. The summed E-state index contributed by atoms with van der Waals surface area (Å²) in [5.74, 6) is -0.501. The zero-order valence-corrected chi connectivity index (χ0v) is 9.97. The molecule has 1 aliphatic rings. The number of hydrogen-bond acceptors (Lipinski definition) is 5. The second-order valence-electron chi connectivity index (χ2n) is 4.77. The van der Waals surface area contributed by atoms with Crippen LogP contribution in [0.5, 0.6) is 0 Å². The summed E-state index contributed by atoms with van der Waals surface area (Å²) in [5, 5.41) is 12.2. The Morgan fingerprint density at radius 1 is 1.65 bits per heavy atom. The molecule has 0 aromatic carbocycles. The van der Waals surface area contributed by atoms with Gasteiger partial charge in [-0.3, -0.25) is 4.90 Å². The highest BCUT2D eigenvalue weighted by Gasteiger charge is 2.31. The maximum Gasteiger partial charge on any atom is 0.358 e. The van der Waals surface area contributed by atoms with Crippen molar-refractivity contribution in [3.05, 3.63) is 17.5 Å². The normalized spacial score (nSPS) is 20.4. The SMILES string of the molecule is CC1(C)COCCN1Cc1cc(C(=O)O)no1. The minimum atomic E-state index is -1.07. The Morgan fingerprint density at radius 3 is 3.00 bits per heavy atom. The van der Waals surface area contributed by atoms with Gasteiger partial charge in [-0.15, -0.1) is 0 Å². The third-order valence-corrected chi connectivity index (χ3v) is 2.94. The maximum absolute atomic E-state index is 10.7. The number of aromatic nitrogens is 1. The van der Waals surface area contributed by atoms with Crippen molar-refractivity contribution in [2.45, 2.75) is 25.9 Å². The van der Waals surface area contributed by atoms with Crippen LogP contribution >= 0.6 is 0 Å². The number of rotatable bonds is 3. The van der Waals surface area contributed by atoms with E-state index in [1.165, 1.54) is 6.07 Å². The maximum atomic E-state index is 10.7. The quantitative estimate of drug-likeness (QED) is 0.848. The van der Waals surface area contributed by atoms with Crippen LogP contribution in [0.2, 0.25) is 0 Å². The van der Waals surface area contributed by atoms with E-state index in [4.69, 9.17) is 14.4 Å². The molecule has 17 heavy (non-hydrogen) atoms. The first-order valence-corrected chi connectivity index (χ1v) is 5.51. The van der Waals surface area contributed by atoms with Crippen LogP contribution < -0.4 is 0 Å². The molecular formula is C11H16N2O4. The van der Waals surface area contributed by atoms with E-state index < -0.39 is 5.97 Å². The van der Waals surface area contributed by atoms with E-state index in [-0.39, 0.29) is 11.2 Å². The number of ether oxygens (including phenoxy) is 1. The van der Waals surface area contributed by atoms with Gasteiger partial charge in [-0.2, -0.15) is 0 Å². The number of aromatic carboxylic acids is 1. The summed E-state index contributed by atoms with van der Waals surface area (Å²) < 4.78 is 10.4. The Hall–Kier alpha value is -1.40. The lowest BCUT2D eigenvalue weighted by Crippen LogP contribution is -2.52. The molecule has 1 fully saturated rings. The van der Waals surface area contributed by atoms with E-state index in [1.54, 1.807) is 0 Å². The van der Waals surface area contributed by atoms with Crippen molar-refractivity contribution >= 4 is 5.97 Å². The fraction of sp³-hybridized carbons (Fsp3) is 0.636. The lowest BCUT2D eigenvalue weighted by molar-refractivity contribution is -0.0582. The van der Waals surface area contributed by atoms with Crippen LogP contribution in [-0.2, 0) is 11.3 Å². The van der Waals surface area contributed by atoms with Crippen molar-refractivity contribution in [3.63, 3.8) is 0 Å². The minimum Gasteiger partial charge on any atom is -0.476 e. The minimum absolute atomic E-state index is 0.0499. The average molecular weight is 240 g/mol. The van der Waals surface area contributed by atoms with Crippen LogP contribution in [-0.4, -0.2) is 46.4 Å². The molecule has 0 amide bonds. The van der Waals surface area contributed by atoms with Gasteiger partial charge in [0.15, 0.2) is 11.5 Å². The van der Waals surface area contributed by atoms with Crippen LogP contribution in [0.25, 0.3) is 0 Å². The fourth-order valence-electron chi connectivity index (χ4n) is 1.86. The second kappa shape index (κ2) is 4.46. The highest BCUT2D eigenvalue weighted by atomic mass is 16.5. The van der Waals surface area contributed by atoms with Gasteiger partial charge in [0.1, 0.15) is 0 Å². The summed E-state index contributed by atoms with van der Waals surface area (Å²) >= 11 is 0. The van der Waals surface area contributed by atoms with Crippen LogP contribution in [0, 0.1) is 0 Å². The molecule has 0 bridgehead atoms. The van der Waals surface area contributed by atoms with Gasteiger partial charge >= 0.3 is 5.97 Å². The first kappa shape index (κ1) is 12.1. The van der Waals surface area contributed by atoms with Gasteiger partial charge in [-0.25, -0.2) is 4.79 Å². The molecule has 0 radical (unpaired) electrons. The number of carbonyl (C=O) groups is 1. The topological polar surface area (TPSA) is 75.8 Å². The van der Waals surface area contributed by atoms with Crippen molar-refractivity contribution in [2.75, 3.05) is 19.8 Å². The summed E-state index contributed by atoms with van der Waals surface area (Å²) in [6, 6.07) is 1.47. The van der Waals surface area contributed by atoms with Crippen molar-refractivity contribution in [3.8, 4) is 0 Å². The van der Waals surface area contributed by atoms with Crippen molar-refractivity contribution in [1.82, 2.24) is 10.1 Å². The first-order chi connectivity index (χ1) is 7.99. The molecular weight excluding hydrogens is 224 g/mol. The predicted molar refractivity (Wildman–Crippen MR) is 58.8 cm³/mol. The highest BCUT2D eigenvalue weighted by Crippen LogP contribution is 2.21. The molecule has 0 atom stereocenters. The van der Waals surface area contributed by atoms with Gasteiger partial charge in [0.25, 0.3) is 0 Å². The summed E-state index contributed by atoms with van der Waals surface area (Å²) in [4.78, 5) is 12.9. The monoisotopic (exact) mass is 240 g/mol. The molecule has 1 N–H and O–H groups in total. The Bertz CT molecular complexity index is 413. The standard InChI is InChI=1S/C11H16N2O4/c1-11(2)7-16-4-3-13(11)6-8-5-9(10(14)15)12-17-8/h5H,3-4,6-7H2,1-2H3,(H,14,15). The molecule has 1 aromatic rings. The average Bonchev–Trinajstić information content (AvgIpc) is 2.70. The third kappa shape index (κ3) is 2.65. The summed E-state index contributed by atoms with van der Waals surface area (Å²) in [5.41, 5.74) is -0.125. The smallest absolute Gasteiger partial charge is 0.358 e. The van der Waals surface area contributed by atoms with Gasteiger partial charge < -0.3 is 14.4 Å².